The minimum atomic E-state index is -0.747. The van der Waals surface area contributed by atoms with Crippen LogP contribution in [-0.4, -0.2) is 69.0 Å². The molecule has 0 radical (unpaired) electrons. The monoisotopic (exact) mass is 623 g/mol. The van der Waals surface area contributed by atoms with Crippen LogP contribution in [0.25, 0.3) is 39.0 Å². The molecular formula is C34H28F3N7O2. The van der Waals surface area contributed by atoms with Crippen LogP contribution in [0.1, 0.15) is 29.2 Å². The number of pyridine rings is 1. The summed E-state index contributed by atoms with van der Waals surface area (Å²) >= 11 is 0. The number of hydrogen-bond acceptors (Lipinski definition) is 8. The Labute approximate surface area is 262 Å². The fraction of sp³-hybridized carbons (Fsp3) is 0.235. The molecule has 5 aromatic rings. The zero-order valence-electron chi connectivity index (χ0n) is 25.5. The number of anilines is 1. The van der Waals surface area contributed by atoms with Crippen molar-refractivity contribution in [3.63, 3.8) is 0 Å². The number of amides is 1. The minimum absolute atomic E-state index is 0.0117. The van der Waals surface area contributed by atoms with Crippen molar-refractivity contribution in [3.8, 4) is 29.6 Å². The molecule has 12 heteroatoms. The van der Waals surface area contributed by atoms with Gasteiger partial charge in [-0.3, -0.25) is 9.78 Å². The van der Waals surface area contributed by atoms with Gasteiger partial charge in [-0.05, 0) is 37.8 Å². The maximum absolute atomic E-state index is 16.4. The van der Waals surface area contributed by atoms with Crippen molar-refractivity contribution in [1.82, 2.24) is 29.8 Å². The van der Waals surface area contributed by atoms with Crippen molar-refractivity contribution in [2.24, 2.45) is 0 Å². The molecule has 1 aliphatic rings. The van der Waals surface area contributed by atoms with Crippen LogP contribution in [0.5, 0.6) is 6.01 Å². The third-order valence-electron chi connectivity index (χ3n) is 8.12. The predicted molar refractivity (Wildman–Crippen MR) is 169 cm³/mol. The quantitative estimate of drug-likeness (QED) is 0.183. The van der Waals surface area contributed by atoms with Crippen LogP contribution in [0.4, 0.5) is 19.0 Å². The lowest BCUT2D eigenvalue weighted by Crippen LogP contribution is -2.36. The number of aryl methyl sites for hydroxylation is 2. The standard InChI is InChI=1S/C34H28F3N7O2/c1-6-22-25(35)11-10-20-8-7-9-23(28(20)22)31-30(37)32-24(16-38-31)33(42-34(41-32)46-5)43(4)21-14-15-44(17-21)27(45)13-12-26-29(36)18(2)39-19(3)40-26/h1,7-13,16,21H,14-15,17H2,2-5H3/b13-12+/t21-/m1/s1. The smallest absolute Gasteiger partial charge is 0.318 e. The van der Waals surface area contributed by atoms with Gasteiger partial charge in [-0.25, -0.2) is 23.1 Å². The normalized spacial score (nSPS) is 14.7. The van der Waals surface area contributed by atoms with E-state index in [0.717, 1.165) is 0 Å². The van der Waals surface area contributed by atoms with E-state index in [1.807, 2.05) is 4.90 Å². The number of halogens is 3. The van der Waals surface area contributed by atoms with Crippen molar-refractivity contribution in [2.75, 3.05) is 32.1 Å². The predicted octanol–water partition coefficient (Wildman–Crippen LogP) is 5.41. The highest BCUT2D eigenvalue weighted by Gasteiger charge is 2.31. The van der Waals surface area contributed by atoms with Gasteiger partial charge >= 0.3 is 6.01 Å². The third kappa shape index (κ3) is 5.34. The van der Waals surface area contributed by atoms with Gasteiger partial charge < -0.3 is 14.5 Å². The Morgan fingerprint density at radius 2 is 1.91 bits per heavy atom. The second kappa shape index (κ2) is 12.1. The molecule has 1 atom stereocenters. The Bertz CT molecular complexity index is 2110. The van der Waals surface area contributed by atoms with E-state index >= 15 is 4.39 Å². The molecule has 1 saturated heterocycles. The second-order valence-corrected chi connectivity index (χ2v) is 10.9. The largest absolute Gasteiger partial charge is 0.467 e. The van der Waals surface area contributed by atoms with Crippen LogP contribution in [-0.2, 0) is 4.79 Å². The van der Waals surface area contributed by atoms with Crippen LogP contribution >= 0.6 is 0 Å². The number of carbonyl (C=O) groups excluding carboxylic acids is 1. The summed E-state index contributed by atoms with van der Waals surface area (Å²) in [7, 11) is 3.17. The van der Waals surface area contributed by atoms with E-state index < -0.39 is 17.5 Å². The number of terminal acetylenes is 1. The maximum Gasteiger partial charge on any atom is 0.318 e. The molecule has 1 fully saturated rings. The van der Waals surface area contributed by atoms with Crippen LogP contribution in [0.2, 0.25) is 0 Å². The lowest BCUT2D eigenvalue weighted by Gasteiger charge is -2.27. The third-order valence-corrected chi connectivity index (χ3v) is 8.12. The molecular weight excluding hydrogens is 595 g/mol. The summed E-state index contributed by atoms with van der Waals surface area (Å²) in [6.07, 6.45) is 10.3. The second-order valence-electron chi connectivity index (χ2n) is 10.9. The molecule has 46 heavy (non-hydrogen) atoms. The molecule has 0 bridgehead atoms. The van der Waals surface area contributed by atoms with Gasteiger partial charge in [0, 0.05) is 49.4 Å². The van der Waals surface area contributed by atoms with Gasteiger partial charge in [0.1, 0.15) is 34.4 Å². The first kappa shape index (κ1) is 30.5. The number of fused-ring (bicyclic) bond motifs is 2. The average molecular weight is 624 g/mol. The molecule has 0 saturated carbocycles. The Kier molecular flexibility index (Phi) is 8.00. The molecule has 1 aliphatic heterocycles. The van der Waals surface area contributed by atoms with Crippen molar-refractivity contribution in [3.05, 3.63) is 82.8 Å². The minimum Gasteiger partial charge on any atom is -0.467 e. The summed E-state index contributed by atoms with van der Waals surface area (Å²) in [6.45, 7) is 3.97. The average Bonchev–Trinajstić information content (AvgIpc) is 3.55. The Morgan fingerprint density at radius 1 is 1.11 bits per heavy atom. The first-order chi connectivity index (χ1) is 22.1. The molecule has 6 rings (SSSR count). The van der Waals surface area contributed by atoms with Crippen LogP contribution in [0, 0.1) is 43.6 Å². The van der Waals surface area contributed by atoms with Gasteiger partial charge in [-0.1, -0.05) is 30.2 Å². The number of hydrogen-bond donors (Lipinski definition) is 0. The number of methoxy groups -OCH3 is 1. The molecule has 1 amide bonds. The Balaban J connectivity index is 1.33. The van der Waals surface area contributed by atoms with Crippen molar-refractivity contribution < 1.29 is 22.7 Å². The number of likely N-dealkylation sites (N-methyl/N-ethyl adjacent to an activating group) is 1. The van der Waals surface area contributed by atoms with Gasteiger partial charge in [-0.15, -0.1) is 6.42 Å². The van der Waals surface area contributed by atoms with Crippen LogP contribution in [0.3, 0.4) is 0 Å². The fourth-order valence-electron chi connectivity index (χ4n) is 5.78. The van der Waals surface area contributed by atoms with Crippen molar-refractivity contribution >= 4 is 39.5 Å². The summed E-state index contributed by atoms with van der Waals surface area (Å²) in [5.41, 5.74) is 0.491. The Morgan fingerprint density at radius 3 is 2.67 bits per heavy atom. The van der Waals surface area contributed by atoms with E-state index in [0.29, 0.717) is 52.9 Å². The Hall–Kier alpha value is -5.57. The molecule has 3 aromatic heterocycles. The van der Waals surface area contributed by atoms with Gasteiger partial charge in [-0.2, -0.15) is 9.97 Å². The maximum atomic E-state index is 16.4. The summed E-state index contributed by atoms with van der Waals surface area (Å²) in [4.78, 5) is 37.8. The van der Waals surface area contributed by atoms with Gasteiger partial charge in [0.2, 0.25) is 5.91 Å². The number of aromatic nitrogens is 5. The molecule has 0 aliphatic carbocycles. The topological polar surface area (TPSA) is 97.2 Å². The lowest BCUT2D eigenvalue weighted by atomic mass is 9.96. The van der Waals surface area contributed by atoms with E-state index in [1.54, 1.807) is 43.1 Å². The van der Waals surface area contributed by atoms with Crippen LogP contribution < -0.4 is 9.64 Å². The van der Waals surface area contributed by atoms with E-state index in [2.05, 4.69) is 30.8 Å². The molecule has 2 aromatic carbocycles. The summed E-state index contributed by atoms with van der Waals surface area (Å²) in [5, 5.41) is 1.32. The van der Waals surface area contributed by atoms with Gasteiger partial charge in [0.15, 0.2) is 11.6 Å². The molecule has 0 N–H and O–H groups in total. The summed E-state index contributed by atoms with van der Waals surface area (Å²) < 4.78 is 50.8. The fourth-order valence-corrected chi connectivity index (χ4v) is 5.78. The summed E-state index contributed by atoms with van der Waals surface area (Å²) in [5.74, 6) is 0.924. The highest BCUT2D eigenvalue weighted by atomic mass is 19.1. The van der Waals surface area contributed by atoms with E-state index in [1.165, 1.54) is 38.4 Å². The molecule has 0 unspecified atom stereocenters. The van der Waals surface area contributed by atoms with E-state index in [-0.39, 0.29) is 46.1 Å². The molecule has 232 valence electrons. The first-order valence-electron chi connectivity index (χ1n) is 14.4. The van der Waals surface area contributed by atoms with Crippen molar-refractivity contribution in [1.29, 1.82) is 0 Å². The molecule has 4 heterocycles. The molecule has 9 nitrogen and oxygen atoms in total. The lowest BCUT2D eigenvalue weighted by molar-refractivity contribution is -0.124. The number of likely N-dealkylation sites (tertiary alicyclic amines) is 1. The number of rotatable bonds is 6. The van der Waals surface area contributed by atoms with Crippen molar-refractivity contribution in [2.45, 2.75) is 26.3 Å². The highest BCUT2D eigenvalue weighted by Crippen LogP contribution is 2.37. The molecule has 0 spiro atoms. The van der Waals surface area contributed by atoms with E-state index in [4.69, 9.17) is 11.2 Å². The van der Waals surface area contributed by atoms with E-state index in [9.17, 15) is 13.6 Å². The van der Waals surface area contributed by atoms with Gasteiger partial charge in [0.05, 0.1) is 23.8 Å². The zero-order valence-corrected chi connectivity index (χ0v) is 25.5. The first-order valence-corrected chi connectivity index (χ1v) is 14.4. The summed E-state index contributed by atoms with van der Waals surface area (Å²) in [6, 6.07) is 7.71. The number of ether oxygens (including phenoxy) is 1. The number of benzene rings is 2. The number of carbonyl (C=O) groups is 1. The van der Waals surface area contributed by atoms with Crippen LogP contribution in [0.15, 0.2) is 42.6 Å². The SMILES string of the molecule is C#Cc1c(F)ccc2cccc(-c3ncc4c(N(C)[C@@H]5CCN(C(=O)/C=C/c6nc(C)nc(C)c6F)C5)nc(OC)nc4c3F)c12. The zero-order chi connectivity index (χ0) is 32.7. The number of nitrogens with zero attached hydrogens (tertiary/aromatic N) is 7. The van der Waals surface area contributed by atoms with Gasteiger partial charge in [0.25, 0.3) is 0 Å². The highest BCUT2D eigenvalue weighted by molar-refractivity contribution is 6.02.